The molecule has 0 saturated carbocycles. The monoisotopic (exact) mass is 396 g/mol. The van der Waals surface area contributed by atoms with E-state index in [0.29, 0.717) is 30.9 Å². The van der Waals surface area contributed by atoms with Crippen molar-refractivity contribution in [2.24, 2.45) is 14.1 Å². The number of anilines is 1. The van der Waals surface area contributed by atoms with Gasteiger partial charge in [-0.3, -0.25) is 13.9 Å². The van der Waals surface area contributed by atoms with E-state index in [-0.39, 0.29) is 4.90 Å². The number of aryl methyl sites for hydroxylation is 1. The molecule has 0 aliphatic carbocycles. The molecular formula is C17H21FN4O4S. The fraction of sp³-hybridized carbons (Fsp3) is 0.412. The Labute approximate surface area is 155 Å². The Kier molecular flexibility index (Phi) is 4.96. The molecule has 0 bridgehead atoms. The Bertz CT molecular complexity index is 1110. The van der Waals surface area contributed by atoms with Crippen molar-refractivity contribution in [3.8, 4) is 0 Å². The van der Waals surface area contributed by atoms with Gasteiger partial charge in [0.2, 0.25) is 10.0 Å². The zero-order valence-electron chi connectivity index (χ0n) is 15.3. The number of hydrogen-bond acceptors (Lipinski definition) is 5. The zero-order chi connectivity index (χ0) is 19.9. The van der Waals surface area contributed by atoms with E-state index in [9.17, 15) is 22.4 Å². The van der Waals surface area contributed by atoms with Gasteiger partial charge in [0.1, 0.15) is 11.6 Å². The fourth-order valence-corrected chi connectivity index (χ4v) is 4.75. The molecule has 0 amide bonds. The maximum atomic E-state index is 13.5. The molecule has 2 aromatic rings. The minimum atomic E-state index is -3.89. The van der Waals surface area contributed by atoms with E-state index in [2.05, 4.69) is 4.72 Å². The van der Waals surface area contributed by atoms with Crippen LogP contribution in [0.2, 0.25) is 0 Å². The molecule has 1 aromatic heterocycles. The van der Waals surface area contributed by atoms with Gasteiger partial charge in [0.05, 0.1) is 4.90 Å². The first-order valence-electron chi connectivity index (χ1n) is 8.40. The lowest BCUT2D eigenvalue weighted by Gasteiger charge is -2.21. The van der Waals surface area contributed by atoms with Crippen molar-refractivity contribution < 1.29 is 12.8 Å². The van der Waals surface area contributed by atoms with E-state index in [1.165, 1.54) is 29.8 Å². The smallest absolute Gasteiger partial charge is 0.332 e. The molecule has 27 heavy (non-hydrogen) atoms. The van der Waals surface area contributed by atoms with Gasteiger partial charge < -0.3 is 4.90 Å². The van der Waals surface area contributed by atoms with Gasteiger partial charge in [-0.25, -0.2) is 22.3 Å². The lowest BCUT2D eigenvalue weighted by atomic mass is 10.2. The normalized spacial score (nSPS) is 17.5. The molecule has 1 atom stereocenters. The summed E-state index contributed by atoms with van der Waals surface area (Å²) in [5, 5.41) is 0. The summed E-state index contributed by atoms with van der Waals surface area (Å²) in [5.74, 6) is -0.184. The largest absolute Gasteiger partial charge is 0.356 e. The summed E-state index contributed by atoms with van der Waals surface area (Å²) in [7, 11) is -0.927. The minimum absolute atomic E-state index is 0.0954. The van der Waals surface area contributed by atoms with E-state index in [4.69, 9.17) is 0 Å². The van der Waals surface area contributed by atoms with Crippen molar-refractivity contribution in [3.05, 3.63) is 56.5 Å². The van der Waals surface area contributed by atoms with Gasteiger partial charge in [-0.15, -0.1) is 0 Å². The van der Waals surface area contributed by atoms with E-state index >= 15 is 0 Å². The number of hydrogen-bond donors (Lipinski definition) is 1. The van der Waals surface area contributed by atoms with Gasteiger partial charge in [0.25, 0.3) is 5.56 Å². The molecule has 0 spiro atoms. The summed E-state index contributed by atoms with van der Waals surface area (Å²) < 4.78 is 43.7. The Balaban J connectivity index is 1.82. The SMILES string of the molecule is Cc1ccc(F)cc1S(=O)(=O)N[C@@H]1CCN(c2cc(=O)n(C)c(=O)n2C)C1. The van der Waals surface area contributed by atoms with Crippen LogP contribution in [0.3, 0.4) is 0 Å². The Morgan fingerprint density at radius 2 is 1.85 bits per heavy atom. The van der Waals surface area contributed by atoms with Crippen LogP contribution in [-0.2, 0) is 24.1 Å². The lowest BCUT2D eigenvalue weighted by molar-refractivity contribution is 0.557. The number of nitrogens with one attached hydrogen (secondary N) is 1. The Morgan fingerprint density at radius 3 is 2.56 bits per heavy atom. The molecule has 1 aromatic carbocycles. The topological polar surface area (TPSA) is 93.4 Å². The molecule has 146 valence electrons. The van der Waals surface area contributed by atoms with Crippen LogP contribution in [0.25, 0.3) is 0 Å². The van der Waals surface area contributed by atoms with Gasteiger partial charge in [-0.2, -0.15) is 0 Å². The predicted molar refractivity (Wildman–Crippen MR) is 99.0 cm³/mol. The van der Waals surface area contributed by atoms with Crippen LogP contribution in [-0.4, -0.2) is 36.7 Å². The average molecular weight is 396 g/mol. The van der Waals surface area contributed by atoms with Crippen molar-refractivity contribution in [2.45, 2.75) is 24.3 Å². The first-order chi connectivity index (χ1) is 12.6. The highest BCUT2D eigenvalue weighted by Crippen LogP contribution is 2.21. The van der Waals surface area contributed by atoms with Crippen molar-refractivity contribution in [3.63, 3.8) is 0 Å². The number of sulfonamides is 1. The number of aromatic nitrogens is 2. The van der Waals surface area contributed by atoms with Crippen molar-refractivity contribution in [1.29, 1.82) is 0 Å². The maximum Gasteiger partial charge on any atom is 0.332 e. The third-order valence-electron chi connectivity index (χ3n) is 4.77. The predicted octanol–water partition coefficient (Wildman–Crippen LogP) is 0.0887. The van der Waals surface area contributed by atoms with Crippen molar-refractivity contribution in [2.75, 3.05) is 18.0 Å². The molecule has 0 radical (unpaired) electrons. The third-order valence-corrected chi connectivity index (χ3v) is 6.44. The second-order valence-corrected chi connectivity index (χ2v) is 8.39. The van der Waals surface area contributed by atoms with Crippen LogP contribution in [0.1, 0.15) is 12.0 Å². The molecule has 2 heterocycles. The molecule has 8 nitrogen and oxygen atoms in total. The Morgan fingerprint density at radius 1 is 1.15 bits per heavy atom. The number of benzene rings is 1. The van der Waals surface area contributed by atoms with Crippen LogP contribution in [0, 0.1) is 12.7 Å². The number of nitrogens with zero attached hydrogens (tertiary/aromatic N) is 3. The van der Waals surface area contributed by atoms with E-state index < -0.39 is 33.1 Å². The average Bonchev–Trinajstić information content (AvgIpc) is 3.05. The van der Waals surface area contributed by atoms with Crippen LogP contribution in [0.5, 0.6) is 0 Å². The minimum Gasteiger partial charge on any atom is -0.356 e. The van der Waals surface area contributed by atoms with Crippen molar-refractivity contribution in [1.82, 2.24) is 13.9 Å². The summed E-state index contributed by atoms with van der Waals surface area (Å²) in [6, 6.07) is 4.56. The fourth-order valence-electron chi connectivity index (χ4n) is 3.24. The third kappa shape index (κ3) is 3.67. The second kappa shape index (κ2) is 6.93. The zero-order valence-corrected chi connectivity index (χ0v) is 16.1. The molecule has 10 heteroatoms. The highest BCUT2D eigenvalue weighted by Gasteiger charge is 2.29. The molecule has 1 aliphatic heterocycles. The summed E-state index contributed by atoms with van der Waals surface area (Å²) >= 11 is 0. The van der Waals surface area contributed by atoms with Crippen LogP contribution >= 0.6 is 0 Å². The highest BCUT2D eigenvalue weighted by atomic mass is 32.2. The van der Waals surface area contributed by atoms with Gasteiger partial charge in [0, 0.05) is 39.3 Å². The standard InChI is InChI=1S/C17H21FN4O4S/c1-11-4-5-12(18)8-14(11)27(25,26)19-13-6-7-22(10-13)15-9-16(23)21(3)17(24)20(15)2/h4-5,8-9,13,19H,6-7,10H2,1-3H3/t13-/m1/s1. The molecule has 1 aliphatic rings. The first kappa shape index (κ1) is 19.3. The van der Waals surface area contributed by atoms with Crippen LogP contribution < -0.4 is 20.9 Å². The van der Waals surface area contributed by atoms with E-state index in [1.807, 2.05) is 0 Å². The molecule has 1 fully saturated rings. The first-order valence-corrected chi connectivity index (χ1v) is 9.89. The molecule has 1 N–H and O–H groups in total. The molecule has 3 rings (SSSR count). The summed E-state index contributed by atoms with van der Waals surface area (Å²) in [4.78, 5) is 25.7. The van der Waals surface area contributed by atoms with E-state index in [0.717, 1.165) is 10.6 Å². The van der Waals surface area contributed by atoms with E-state index in [1.54, 1.807) is 18.9 Å². The number of halogens is 1. The van der Waals surface area contributed by atoms with Crippen molar-refractivity contribution >= 4 is 15.8 Å². The molecule has 1 saturated heterocycles. The second-order valence-electron chi connectivity index (χ2n) is 6.70. The van der Waals surface area contributed by atoms with Crippen LogP contribution in [0.4, 0.5) is 10.2 Å². The van der Waals surface area contributed by atoms with Gasteiger partial charge >= 0.3 is 5.69 Å². The summed E-state index contributed by atoms with van der Waals surface area (Å²) in [6.07, 6.45) is 0.497. The Hall–Kier alpha value is -2.46. The van der Waals surface area contributed by atoms with Gasteiger partial charge in [-0.1, -0.05) is 6.07 Å². The molecular weight excluding hydrogens is 375 g/mol. The highest BCUT2D eigenvalue weighted by molar-refractivity contribution is 7.89. The van der Waals surface area contributed by atoms with Gasteiger partial charge in [0.15, 0.2) is 0 Å². The summed E-state index contributed by atoms with van der Waals surface area (Å²) in [6.45, 7) is 2.38. The molecule has 0 unspecified atom stereocenters. The van der Waals surface area contributed by atoms with Crippen LogP contribution in [0.15, 0.2) is 38.8 Å². The quantitative estimate of drug-likeness (QED) is 0.791. The summed E-state index contributed by atoms with van der Waals surface area (Å²) in [5.41, 5.74) is -0.419. The van der Waals surface area contributed by atoms with Gasteiger partial charge in [-0.05, 0) is 31.0 Å². The lowest BCUT2D eigenvalue weighted by Crippen LogP contribution is -2.41. The number of rotatable bonds is 4. The maximum absolute atomic E-state index is 13.5.